The summed E-state index contributed by atoms with van der Waals surface area (Å²) in [6, 6.07) is 139. The van der Waals surface area contributed by atoms with Crippen LogP contribution in [0.25, 0.3) is 175 Å². The van der Waals surface area contributed by atoms with Gasteiger partial charge in [0.25, 0.3) is 0 Å². The predicted molar refractivity (Wildman–Crippen MR) is 524 cm³/mol. The monoisotopic (exact) mass is 1920 g/mol. The second kappa shape index (κ2) is 50.7. The van der Waals surface area contributed by atoms with Crippen molar-refractivity contribution in [2.24, 2.45) is 42.3 Å². The molecule has 0 radical (unpaired) electrons. The molecule has 608 valence electrons. The molecule has 22 aromatic rings. The zero-order chi connectivity index (χ0) is 81.2. The van der Waals surface area contributed by atoms with Crippen LogP contribution in [0.3, 0.4) is 0 Å². The first-order chi connectivity index (χ1) is 57.1. The van der Waals surface area contributed by atoms with Crippen molar-refractivity contribution in [1.82, 2.24) is 32.4 Å². The molecule has 15 aromatic carbocycles. The number of nitrogens with zero attached hydrogens (tertiary/aromatic N) is 7. The smallest absolute Gasteiger partial charge is 0.383 e. The Morgan fingerprint density at radius 3 is 1.04 bits per heavy atom. The molecule has 11 heteroatoms. The van der Waals surface area contributed by atoms with Crippen LogP contribution < -0.4 is 0 Å². The average molecular weight is 1920 g/mol. The van der Waals surface area contributed by atoms with E-state index in [4.69, 9.17) is 0 Å². The summed E-state index contributed by atoms with van der Waals surface area (Å²) in [7, 11) is 12.6. The molecular formula is C113H109N7Y4. The first-order valence-corrected chi connectivity index (χ1v) is 40.3. The quantitative estimate of drug-likeness (QED) is 0.162. The fourth-order valence-electron chi connectivity index (χ4n) is 15.4. The largest absolute Gasteiger partial charge is 3.00 e. The molecule has 0 unspecified atom stereocenters. The molecule has 7 aromatic heterocycles. The molecule has 0 atom stereocenters. The minimum atomic E-state index is 0. The van der Waals surface area contributed by atoms with Crippen molar-refractivity contribution in [2.45, 2.75) is 55.4 Å². The number of fused-ring (bicyclic) bond motifs is 18. The molecule has 0 amide bonds. The third kappa shape index (κ3) is 22.2. The van der Waals surface area contributed by atoms with Crippen LogP contribution in [-0.4, -0.2) is 32.4 Å². The van der Waals surface area contributed by atoms with Gasteiger partial charge < -0.3 is 57.1 Å². The number of aromatic nitrogens is 7. The number of hydrogen-bond donors (Lipinski definition) is 0. The molecular weight excluding hydrogens is 1810 g/mol. The van der Waals surface area contributed by atoms with Gasteiger partial charge in [-0.1, -0.05) is 199 Å². The van der Waals surface area contributed by atoms with Crippen LogP contribution in [0.1, 0.15) is 55.4 Å². The van der Waals surface area contributed by atoms with Crippen LogP contribution in [0.15, 0.2) is 334 Å². The Balaban J connectivity index is 0.000000258. The van der Waals surface area contributed by atoms with E-state index in [-0.39, 0.29) is 161 Å². The molecule has 0 aliphatic rings. The van der Waals surface area contributed by atoms with Gasteiger partial charge in [-0.05, 0) is 92.8 Å². The topological polar surface area (TPSA) is 42.5 Å². The molecule has 0 N–H and O–H groups in total. The summed E-state index contributed by atoms with van der Waals surface area (Å²) in [5.74, 6) is 0. The number of hydrogen-bond acceptors (Lipinski definition) is 1. The zero-order valence-corrected chi connectivity index (χ0v) is 86.5. The molecule has 22 rings (SSSR count). The molecule has 7 nitrogen and oxygen atoms in total. The van der Waals surface area contributed by atoms with Gasteiger partial charge >= 0.3 is 131 Å². The van der Waals surface area contributed by atoms with E-state index in [0.29, 0.717) is 0 Å². The standard InChI is InChI=1S/4C19H13N.C13H11N.C12H10N2.4C2H6.4CH3.4Y/c1-20-17-12-6-5-10-16(17)19-15(11-7-13-18(19)20)14-8-3-2-4-9-14;2*1-20-18-10-6-5-9-16(18)17-13-15(11-12-19(17)20)14-7-3-2-4-8-14;1-20-18-10-6-5-9-16(18)17-12-11-15(13-19(17)20)14-7-3-2-4-8-14;1-14-12-8-4-2-6-10(12)11-7-3-5-9-13(11)14;1-14-10-6-3-2-5-9(10)12-11(14)7-4-8-13-12;4*1-2;;;;;;;;/h2-8,10,12-13H,1H3;2-7,9-10,12-13H,1H3;2-7,9-12H,1H3;2-7,9-10,12-13H,1H3;2-9H,1H3;2-8H,1H3;4*1-2H3;4*1H3;;;;/q4*-2;;;;;;;4*-1;4*+3. The molecule has 0 bridgehead atoms. The van der Waals surface area contributed by atoms with Crippen LogP contribution in [0.4, 0.5) is 0 Å². The molecule has 124 heavy (non-hydrogen) atoms. The van der Waals surface area contributed by atoms with Crippen molar-refractivity contribution in [1.29, 1.82) is 0 Å². The summed E-state index contributed by atoms with van der Waals surface area (Å²) in [6.45, 7) is 16.0. The Morgan fingerprint density at radius 1 is 0.218 bits per heavy atom. The van der Waals surface area contributed by atoms with E-state index < -0.39 is 0 Å². The molecule has 0 aliphatic carbocycles. The maximum atomic E-state index is 4.41. The second-order valence-electron chi connectivity index (χ2n) is 27.0. The van der Waals surface area contributed by atoms with Gasteiger partial charge in [-0.3, -0.25) is 4.98 Å². The Hall–Kier alpha value is -9.33. The van der Waals surface area contributed by atoms with Crippen molar-refractivity contribution in [2.75, 3.05) is 0 Å². The van der Waals surface area contributed by atoms with Crippen LogP contribution in [0.5, 0.6) is 0 Å². The molecule has 0 saturated carbocycles. The van der Waals surface area contributed by atoms with Gasteiger partial charge in [0.05, 0.1) is 16.6 Å². The van der Waals surface area contributed by atoms with Crippen molar-refractivity contribution in [3.8, 4) is 44.5 Å². The summed E-state index contributed by atoms with van der Waals surface area (Å²) in [6.07, 6.45) is 1.84. The first kappa shape index (κ1) is 105. The summed E-state index contributed by atoms with van der Waals surface area (Å²) < 4.78 is 13.3. The number of aryl methyl sites for hydroxylation is 6. The fourth-order valence-corrected chi connectivity index (χ4v) is 15.4. The van der Waals surface area contributed by atoms with Crippen molar-refractivity contribution in [3.05, 3.63) is 412 Å². The van der Waals surface area contributed by atoms with Gasteiger partial charge in [0.1, 0.15) is 0 Å². The molecule has 0 fully saturated rings. The van der Waals surface area contributed by atoms with Gasteiger partial charge in [-0.15, -0.1) is 59.3 Å². The third-order valence-electron chi connectivity index (χ3n) is 20.8. The fraction of sp³-hybridized carbons (Fsp3) is 0.124. The van der Waals surface area contributed by atoms with Crippen LogP contribution in [0.2, 0.25) is 0 Å². The normalized spacial score (nSPS) is 9.98. The maximum absolute atomic E-state index is 4.41. The van der Waals surface area contributed by atoms with Crippen molar-refractivity contribution in [3.63, 3.8) is 0 Å². The Kier molecular flexibility index (Phi) is 43.0. The van der Waals surface area contributed by atoms with Gasteiger partial charge in [0, 0.05) is 97.7 Å². The van der Waals surface area contributed by atoms with Crippen molar-refractivity contribution < 1.29 is 131 Å². The van der Waals surface area contributed by atoms with E-state index in [2.05, 4.69) is 366 Å². The summed E-state index contributed by atoms with van der Waals surface area (Å²) in [5, 5.41) is 14.0. The zero-order valence-electron chi connectivity index (χ0n) is 75.2. The predicted octanol–water partition coefficient (Wildman–Crippen LogP) is 30.3. The summed E-state index contributed by atoms with van der Waals surface area (Å²) in [4.78, 5) is 4.41. The van der Waals surface area contributed by atoms with Crippen LogP contribution in [0, 0.1) is 78.2 Å². The van der Waals surface area contributed by atoms with E-state index >= 15 is 0 Å². The van der Waals surface area contributed by atoms with Crippen LogP contribution in [-0.2, 0) is 173 Å². The van der Waals surface area contributed by atoms with Gasteiger partial charge in [-0.25, -0.2) is 38.9 Å². The Morgan fingerprint density at radius 2 is 0.556 bits per heavy atom. The third-order valence-corrected chi connectivity index (χ3v) is 20.8. The minimum absolute atomic E-state index is 0. The van der Waals surface area contributed by atoms with E-state index in [1.807, 2.05) is 147 Å². The molecule has 0 spiro atoms. The second-order valence-corrected chi connectivity index (χ2v) is 27.0. The number of pyridine rings is 1. The van der Waals surface area contributed by atoms with Crippen LogP contribution >= 0.6 is 0 Å². The van der Waals surface area contributed by atoms with E-state index in [0.717, 1.165) is 50.0 Å². The maximum Gasteiger partial charge on any atom is 3.00 e. The summed E-state index contributed by atoms with van der Waals surface area (Å²) in [5.41, 5.74) is 24.8. The van der Waals surface area contributed by atoms with E-state index in [1.165, 1.54) is 125 Å². The average Bonchev–Trinajstić information content (AvgIpc) is 1.61. The van der Waals surface area contributed by atoms with Gasteiger partial charge in [0.15, 0.2) is 0 Å². The number of benzene rings is 15. The minimum Gasteiger partial charge on any atom is -0.383 e. The molecule has 0 saturated heterocycles. The first-order valence-electron chi connectivity index (χ1n) is 40.3. The Bertz CT molecular complexity index is 6630. The van der Waals surface area contributed by atoms with Crippen molar-refractivity contribution >= 4 is 131 Å². The summed E-state index contributed by atoms with van der Waals surface area (Å²) >= 11 is 0. The van der Waals surface area contributed by atoms with Gasteiger partial charge in [0.2, 0.25) is 0 Å². The van der Waals surface area contributed by atoms with E-state index in [9.17, 15) is 0 Å². The SMILES string of the molecule is CC.CC.CC.CC.Cn1c2c[c-]c(-c3[c-]cccc3)cc2c2ccccc21.Cn1c2ccc(-c3[c-]cccc3)[c-]c2c2ccccc21.Cn1c2ccccc2c2c(-c3[c-]cccc3)[c-]ccc21.Cn1c2ccccc2c2c[c-]c(-c3[c-]cccc3)cc21.Cn1c2ccccc2c2ccccc21.Cn1c2ccccc2c2ncccc21.[CH3-].[CH3-].[CH3-].[CH3-].[Y+3].[Y+3].[Y+3].[Y+3]. The number of para-hydroxylation sites is 7. The number of rotatable bonds is 4. The van der Waals surface area contributed by atoms with Gasteiger partial charge in [-0.2, -0.15) is 151 Å². The molecule has 7 heterocycles. The van der Waals surface area contributed by atoms with E-state index in [1.54, 1.807) is 0 Å². The Labute approximate surface area is 838 Å². The molecule has 0 aliphatic heterocycles.